The number of ether oxygens (including phenoxy) is 1. The van der Waals surface area contributed by atoms with Gasteiger partial charge in [0, 0.05) is 6.54 Å². The van der Waals surface area contributed by atoms with Crippen LogP contribution in [-0.4, -0.2) is 17.1 Å². The molecule has 0 bridgehead atoms. The number of hydrogen-bond donors (Lipinski definition) is 1. The van der Waals surface area contributed by atoms with Gasteiger partial charge >= 0.3 is 0 Å². The summed E-state index contributed by atoms with van der Waals surface area (Å²) in [6.07, 6.45) is 1.68. The molecule has 0 spiro atoms. The van der Waals surface area contributed by atoms with Crippen LogP contribution >= 0.6 is 12.2 Å². The Morgan fingerprint density at radius 1 is 1.07 bits per heavy atom. The van der Waals surface area contributed by atoms with E-state index in [1.165, 1.54) is 11.1 Å². The number of nitrogens with zero attached hydrogens (tertiary/aromatic N) is 1. The van der Waals surface area contributed by atoms with Crippen molar-refractivity contribution in [3.8, 4) is 5.75 Å². The molecule has 0 aliphatic rings. The maximum Gasteiger partial charge on any atom is 0.174 e. The van der Waals surface area contributed by atoms with Crippen LogP contribution in [0.3, 0.4) is 0 Å². The molecule has 1 heterocycles. The molecule has 3 aromatic rings. The average Bonchev–Trinajstić information content (AvgIpc) is 3.17. The van der Waals surface area contributed by atoms with Crippen molar-refractivity contribution in [2.75, 3.05) is 12.4 Å². The van der Waals surface area contributed by atoms with Crippen molar-refractivity contribution in [1.82, 2.24) is 4.90 Å². The van der Waals surface area contributed by atoms with Crippen LogP contribution in [0.15, 0.2) is 65.3 Å². The molecular weight excluding hydrogens is 356 g/mol. The largest absolute Gasteiger partial charge is 0.495 e. The molecule has 0 fully saturated rings. The van der Waals surface area contributed by atoms with Gasteiger partial charge in [0.25, 0.3) is 0 Å². The molecule has 3 rings (SSSR count). The molecule has 2 aromatic carbocycles. The first-order valence-corrected chi connectivity index (χ1v) is 9.25. The molecule has 0 atom stereocenters. The lowest BCUT2D eigenvalue weighted by Gasteiger charge is -2.26. The molecule has 140 valence electrons. The zero-order valence-corrected chi connectivity index (χ0v) is 16.7. The second kappa shape index (κ2) is 8.73. The molecule has 0 amide bonds. The molecule has 0 saturated carbocycles. The first-order chi connectivity index (χ1) is 13.1. The van der Waals surface area contributed by atoms with Crippen molar-refractivity contribution in [3.63, 3.8) is 0 Å². The zero-order valence-electron chi connectivity index (χ0n) is 15.9. The summed E-state index contributed by atoms with van der Waals surface area (Å²) in [4.78, 5) is 2.09. The molecule has 0 unspecified atom stereocenters. The molecular formula is C22H24N2O2S. The number of methoxy groups -OCH3 is 1. The summed E-state index contributed by atoms with van der Waals surface area (Å²) in [5.41, 5.74) is 4.44. The van der Waals surface area contributed by atoms with E-state index in [0.29, 0.717) is 18.2 Å². The van der Waals surface area contributed by atoms with E-state index in [0.717, 1.165) is 22.8 Å². The minimum Gasteiger partial charge on any atom is -0.495 e. The first-order valence-electron chi connectivity index (χ1n) is 8.84. The maximum absolute atomic E-state index is 5.73. The van der Waals surface area contributed by atoms with Gasteiger partial charge in [0.05, 0.1) is 25.6 Å². The first kappa shape index (κ1) is 19.0. The van der Waals surface area contributed by atoms with Gasteiger partial charge in [0.15, 0.2) is 5.11 Å². The zero-order chi connectivity index (χ0) is 19.2. The Kier molecular flexibility index (Phi) is 6.14. The van der Waals surface area contributed by atoms with Crippen LogP contribution in [-0.2, 0) is 13.1 Å². The molecule has 1 N–H and O–H groups in total. The third-order valence-corrected chi connectivity index (χ3v) is 4.80. The van der Waals surface area contributed by atoms with Gasteiger partial charge in [-0.05, 0) is 67.0 Å². The van der Waals surface area contributed by atoms with Crippen LogP contribution in [0.1, 0.15) is 22.5 Å². The van der Waals surface area contributed by atoms with E-state index in [1.54, 1.807) is 13.4 Å². The van der Waals surface area contributed by atoms with Crippen LogP contribution in [0.25, 0.3) is 0 Å². The topological polar surface area (TPSA) is 37.6 Å². The number of hydrogen-bond acceptors (Lipinski definition) is 3. The highest BCUT2D eigenvalue weighted by atomic mass is 32.1. The van der Waals surface area contributed by atoms with Crippen molar-refractivity contribution < 1.29 is 9.15 Å². The van der Waals surface area contributed by atoms with Crippen molar-refractivity contribution in [3.05, 3.63) is 83.3 Å². The summed E-state index contributed by atoms with van der Waals surface area (Å²) in [5.74, 6) is 1.63. The van der Waals surface area contributed by atoms with E-state index < -0.39 is 0 Å². The number of furan rings is 1. The lowest BCUT2D eigenvalue weighted by atomic mass is 10.1. The molecule has 27 heavy (non-hydrogen) atoms. The third-order valence-electron chi connectivity index (χ3n) is 4.44. The monoisotopic (exact) mass is 380 g/mol. The summed E-state index contributed by atoms with van der Waals surface area (Å²) < 4.78 is 11.0. The number of rotatable bonds is 6. The van der Waals surface area contributed by atoms with Gasteiger partial charge in [-0.25, -0.2) is 0 Å². The number of aryl methyl sites for hydroxylation is 2. The quantitative estimate of drug-likeness (QED) is 0.587. The summed E-state index contributed by atoms with van der Waals surface area (Å²) in [6, 6.07) is 18.2. The van der Waals surface area contributed by atoms with E-state index in [2.05, 4.69) is 29.3 Å². The maximum atomic E-state index is 5.73. The minimum atomic E-state index is 0.585. The van der Waals surface area contributed by atoms with E-state index >= 15 is 0 Å². The van der Waals surface area contributed by atoms with E-state index in [4.69, 9.17) is 21.4 Å². The van der Waals surface area contributed by atoms with Crippen LogP contribution in [0.5, 0.6) is 5.75 Å². The van der Waals surface area contributed by atoms with Crippen molar-refractivity contribution >= 4 is 23.0 Å². The number of anilines is 1. The van der Waals surface area contributed by atoms with Crippen LogP contribution in [0.4, 0.5) is 5.69 Å². The number of benzene rings is 2. The van der Waals surface area contributed by atoms with Gasteiger partial charge < -0.3 is 19.4 Å². The summed E-state index contributed by atoms with van der Waals surface area (Å²) >= 11 is 5.73. The molecule has 5 heteroatoms. The van der Waals surface area contributed by atoms with Crippen LogP contribution in [0, 0.1) is 13.8 Å². The van der Waals surface area contributed by atoms with Gasteiger partial charge in [0.1, 0.15) is 11.5 Å². The van der Waals surface area contributed by atoms with Crippen molar-refractivity contribution in [2.24, 2.45) is 0 Å². The normalized spacial score (nSPS) is 10.5. The standard InChI is InChI=1S/C22H24N2O2S/c1-16-10-11-20(21(13-16)25-3)23-22(27)24(15-19-9-6-12-26-19)14-18-8-5-4-7-17(18)2/h4-13H,14-15H2,1-3H3,(H,23,27). The van der Waals surface area contributed by atoms with Gasteiger partial charge in [-0.2, -0.15) is 0 Å². The smallest absolute Gasteiger partial charge is 0.174 e. The highest BCUT2D eigenvalue weighted by Crippen LogP contribution is 2.26. The Morgan fingerprint density at radius 3 is 2.59 bits per heavy atom. The SMILES string of the molecule is COc1cc(C)ccc1NC(=S)N(Cc1ccco1)Cc1ccccc1C. The molecule has 0 aliphatic heterocycles. The third kappa shape index (κ3) is 4.89. The van der Waals surface area contributed by atoms with Gasteiger partial charge in [-0.1, -0.05) is 30.3 Å². The molecule has 0 radical (unpaired) electrons. The highest BCUT2D eigenvalue weighted by molar-refractivity contribution is 7.80. The number of nitrogens with one attached hydrogen (secondary N) is 1. The van der Waals surface area contributed by atoms with Crippen LogP contribution in [0.2, 0.25) is 0 Å². The molecule has 1 aromatic heterocycles. The Morgan fingerprint density at radius 2 is 1.89 bits per heavy atom. The number of thiocarbonyl (C=S) groups is 1. The lowest BCUT2D eigenvalue weighted by molar-refractivity contribution is 0.359. The van der Waals surface area contributed by atoms with Crippen molar-refractivity contribution in [1.29, 1.82) is 0 Å². The Labute approximate surface area is 165 Å². The minimum absolute atomic E-state index is 0.585. The second-order valence-corrected chi connectivity index (χ2v) is 6.88. The summed E-state index contributed by atoms with van der Waals surface area (Å²) in [5, 5.41) is 3.95. The Hall–Kier alpha value is -2.79. The Balaban J connectivity index is 1.83. The Bertz CT molecular complexity index is 906. The summed E-state index contributed by atoms with van der Waals surface area (Å²) in [6.45, 7) is 5.42. The summed E-state index contributed by atoms with van der Waals surface area (Å²) in [7, 11) is 1.66. The molecule has 0 aliphatic carbocycles. The fourth-order valence-electron chi connectivity index (χ4n) is 2.88. The predicted octanol–water partition coefficient (Wildman–Crippen LogP) is 5.30. The highest BCUT2D eigenvalue weighted by Gasteiger charge is 2.15. The molecule has 0 saturated heterocycles. The molecule has 4 nitrogen and oxygen atoms in total. The van der Waals surface area contributed by atoms with E-state index in [1.807, 2.05) is 49.4 Å². The van der Waals surface area contributed by atoms with E-state index in [-0.39, 0.29) is 0 Å². The van der Waals surface area contributed by atoms with Gasteiger partial charge in [0.2, 0.25) is 0 Å². The second-order valence-electron chi connectivity index (χ2n) is 6.50. The fourth-order valence-corrected chi connectivity index (χ4v) is 3.12. The van der Waals surface area contributed by atoms with Gasteiger partial charge in [-0.15, -0.1) is 0 Å². The van der Waals surface area contributed by atoms with Crippen molar-refractivity contribution in [2.45, 2.75) is 26.9 Å². The van der Waals surface area contributed by atoms with Gasteiger partial charge in [-0.3, -0.25) is 0 Å². The fraction of sp³-hybridized carbons (Fsp3) is 0.227. The lowest BCUT2D eigenvalue weighted by Crippen LogP contribution is -2.34. The van der Waals surface area contributed by atoms with E-state index in [9.17, 15) is 0 Å². The van der Waals surface area contributed by atoms with Crippen LogP contribution < -0.4 is 10.1 Å². The average molecular weight is 381 g/mol. The predicted molar refractivity (Wildman–Crippen MR) is 113 cm³/mol.